The Hall–Kier alpha value is -10.6. The molecule has 0 saturated heterocycles. The third-order valence-corrected chi connectivity index (χ3v) is 19.8. The Morgan fingerprint density at radius 1 is 0.495 bits per heavy atom. The molecule has 14 aromatic rings. The monoisotopic (exact) mass is 1470 g/mol. The first-order valence-corrected chi connectivity index (χ1v) is 36.6. The smallest absolute Gasteiger partial charge is 0.341 e. The highest BCUT2D eigenvalue weighted by molar-refractivity contribution is 6.32. The van der Waals surface area contributed by atoms with E-state index in [1.807, 2.05) is 117 Å². The van der Waals surface area contributed by atoms with Gasteiger partial charge in [0.25, 0.3) is 0 Å². The second-order valence-electron chi connectivity index (χ2n) is 28.3. The number of carbonyl (C=O) groups excluding carboxylic acids is 2. The molecule has 0 spiro atoms. The summed E-state index contributed by atoms with van der Waals surface area (Å²) in [7, 11) is 5.82. The third-order valence-electron chi connectivity index (χ3n) is 19.1. The number of nitrogens with one attached hydrogen (secondary N) is 1. The van der Waals surface area contributed by atoms with Crippen molar-refractivity contribution in [2.75, 3.05) is 36.3 Å². The molecule has 2 aromatic carbocycles. The number of hydrogen-bond acceptors (Lipinski definition) is 16. The molecular weight excluding hydrogens is 1390 g/mol. The van der Waals surface area contributed by atoms with Crippen molar-refractivity contribution in [1.29, 1.82) is 0 Å². The van der Waals surface area contributed by atoms with E-state index in [1.54, 1.807) is 44.5 Å². The zero-order valence-corrected chi connectivity index (χ0v) is 62.2. The van der Waals surface area contributed by atoms with Gasteiger partial charge in [-0.05, 0) is 121 Å². The predicted molar refractivity (Wildman–Crippen MR) is 415 cm³/mol. The number of nitrogens with zero attached hydrogens (tertiary/aromatic N) is 17. The molecule has 0 aliphatic heterocycles. The summed E-state index contributed by atoms with van der Waals surface area (Å²) < 4.78 is 11.4. The molecule has 3 aliphatic carbocycles. The van der Waals surface area contributed by atoms with E-state index in [0.717, 1.165) is 110 Å². The van der Waals surface area contributed by atoms with Gasteiger partial charge in [-0.3, -0.25) is 9.59 Å². The molecule has 0 bridgehead atoms. The summed E-state index contributed by atoms with van der Waals surface area (Å²) in [4.78, 5) is 70.4. The number of aromatic carboxylic acids is 1. The number of carbonyl (C=O) groups is 3. The van der Waals surface area contributed by atoms with E-state index in [2.05, 4.69) is 120 Å². The largest absolute Gasteiger partial charge is 0.477 e. The normalized spacial score (nSPS) is 13.6. The summed E-state index contributed by atoms with van der Waals surface area (Å²) in [6, 6.07) is 33.2. The molecule has 0 amide bonds. The lowest BCUT2D eigenvalue weighted by Gasteiger charge is -2.21. The van der Waals surface area contributed by atoms with E-state index in [-0.39, 0.29) is 40.9 Å². The highest BCUT2D eigenvalue weighted by Crippen LogP contribution is 2.41. The summed E-state index contributed by atoms with van der Waals surface area (Å²) in [6.45, 7) is 13.9. The maximum atomic E-state index is 13.2. The molecule has 3 saturated carbocycles. The summed E-state index contributed by atoms with van der Waals surface area (Å²) in [5.41, 5.74) is 17.5. The lowest BCUT2D eigenvalue weighted by Crippen LogP contribution is -2.20. The van der Waals surface area contributed by atoms with Gasteiger partial charge in [-0.1, -0.05) is 95.5 Å². The van der Waals surface area contributed by atoms with Gasteiger partial charge in [0, 0.05) is 159 Å². The molecule has 105 heavy (non-hydrogen) atoms. The Balaban J connectivity index is 0.000000129. The Kier molecular flexibility index (Phi) is 20.3. The van der Waals surface area contributed by atoms with Crippen molar-refractivity contribution < 1.29 is 19.5 Å². The van der Waals surface area contributed by atoms with Gasteiger partial charge in [0.1, 0.15) is 40.0 Å². The quantitative estimate of drug-likeness (QED) is 0.0599. The number of pyridine rings is 3. The Morgan fingerprint density at radius 2 is 0.838 bits per heavy atom. The fourth-order valence-electron chi connectivity index (χ4n) is 13.0. The van der Waals surface area contributed by atoms with Crippen molar-refractivity contribution in [3.05, 3.63) is 196 Å². The van der Waals surface area contributed by atoms with E-state index in [9.17, 15) is 19.5 Å². The van der Waals surface area contributed by atoms with Crippen LogP contribution in [0.1, 0.15) is 153 Å². The van der Waals surface area contributed by atoms with Crippen molar-refractivity contribution in [1.82, 2.24) is 72.4 Å². The number of anilines is 3. The van der Waals surface area contributed by atoms with Gasteiger partial charge < -0.3 is 39.7 Å². The highest BCUT2D eigenvalue weighted by atomic mass is 35.5. The molecule has 12 aromatic heterocycles. The number of hydrogen-bond donors (Lipinski definition) is 3. The number of halogens is 3. The minimum atomic E-state index is -1.08. The minimum Gasteiger partial charge on any atom is -0.477 e. The number of carboxylic acid groups (broad SMARTS) is 1. The molecule has 26 heteroatoms. The fraction of sp³-hybridized carbons (Fsp3) is 0.316. The number of carboxylic acids is 1. The van der Waals surface area contributed by atoms with Crippen LogP contribution in [0, 0.1) is 11.8 Å². The molecule has 538 valence electrons. The lowest BCUT2D eigenvalue weighted by molar-refractivity contribution is 0.0698. The van der Waals surface area contributed by atoms with Crippen LogP contribution >= 0.6 is 34.8 Å². The molecule has 3 fully saturated rings. The number of ketones is 2. The molecule has 12 heterocycles. The SMILES string of the molecule is CC(C)n1cc(-c2cc(N(C)Cc3ccccc3)n3ncc(C(=O)CC4CC4)c3n2)c2cc(Cl)cnc21.CC(C)n1cc(-c2cc(N(C)Cc3ccccc3)n3ncc(C(=O)O)c3n2)c2cc(Cl)cnc21.CNc1cc(-c2cn(C(C)C)c3ncc(Cl)cc23)nc2c(C(=O)CC3CC3)cnn12.NC1CC1. The summed E-state index contributed by atoms with van der Waals surface area (Å²) in [5, 5.41) is 30.7. The Labute approximate surface area is 621 Å². The van der Waals surface area contributed by atoms with E-state index < -0.39 is 5.97 Å². The van der Waals surface area contributed by atoms with Crippen molar-refractivity contribution in [3.63, 3.8) is 0 Å². The van der Waals surface area contributed by atoms with Gasteiger partial charge in [-0.2, -0.15) is 28.8 Å². The maximum Gasteiger partial charge on any atom is 0.341 e. The Morgan fingerprint density at radius 3 is 1.18 bits per heavy atom. The van der Waals surface area contributed by atoms with Crippen LogP contribution in [-0.2, 0) is 13.1 Å². The van der Waals surface area contributed by atoms with Crippen LogP contribution in [0.5, 0.6) is 0 Å². The minimum absolute atomic E-state index is 0.0416. The molecule has 0 radical (unpaired) electrons. The Bertz CT molecular complexity index is 5590. The van der Waals surface area contributed by atoms with Crippen LogP contribution in [0.25, 0.3) is 83.8 Å². The van der Waals surface area contributed by atoms with E-state index >= 15 is 0 Å². The van der Waals surface area contributed by atoms with Gasteiger partial charge >= 0.3 is 5.97 Å². The van der Waals surface area contributed by atoms with Crippen LogP contribution in [0.2, 0.25) is 15.1 Å². The zero-order chi connectivity index (χ0) is 73.6. The van der Waals surface area contributed by atoms with Gasteiger partial charge in [-0.15, -0.1) is 0 Å². The van der Waals surface area contributed by atoms with E-state index in [4.69, 9.17) is 55.5 Å². The van der Waals surface area contributed by atoms with Crippen LogP contribution < -0.4 is 20.9 Å². The van der Waals surface area contributed by atoms with Crippen molar-refractivity contribution >= 4 is 120 Å². The number of nitrogens with two attached hydrogens (primary N) is 1. The number of fused-ring (bicyclic) bond motifs is 6. The van der Waals surface area contributed by atoms with E-state index in [1.165, 1.54) is 24.6 Å². The molecule has 23 nitrogen and oxygen atoms in total. The van der Waals surface area contributed by atoms with Crippen LogP contribution in [0.3, 0.4) is 0 Å². The van der Waals surface area contributed by atoms with Gasteiger partial charge in [-0.25, -0.2) is 34.7 Å². The topological polar surface area (TPSA) is 260 Å². The zero-order valence-electron chi connectivity index (χ0n) is 60.0. The summed E-state index contributed by atoms with van der Waals surface area (Å²) in [6.07, 6.45) is 23.9. The second kappa shape index (κ2) is 29.9. The van der Waals surface area contributed by atoms with Gasteiger partial charge in [0.2, 0.25) is 0 Å². The van der Waals surface area contributed by atoms with E-state index in [0.29, 0.717) is 87.0 Å². The molecule has 4 N–H and O–H groups in total. The number of benzene rings is 2. The first kappa shape index (κ1) is 71.4. The lowest BCUT2D eigenvalue weighted by atomic mass is 10.1. The van der Waals surface area contributed by atoms with Crippen LogP contribution in [0.4, 0.5) is 17.5 Å². The maximum absolute atomic E-state index is 13.2. The van der Waals surface area contributed by atoms with Crippen molar-refractivity contribution in [2.45, 2.75) is 130 Å². The first-order chi connectivity index (χ1) is 50.6. The average molecular weight is 1470 g/mol. The van der Waals surface area contributed by atoms with Crippen molar-refractivity contribution in [2.24, 2.45) is 17.6 Å². The number of Topliss-reactive ketones (excluding diaryl/α,β-unsaturated/α-hetero) is 2. The molecule has 0 atom stereocenters. The standard InChI is InChI=1S/C29H29ClN6O.C25H23ClN6O2.C22H23ClN6O.C3H7N/c1-18(2)35-17-24(22-12-21(30)14-31-28(22)35)25-13-27(34(3)16-20-7-5-4-6-8-20)36-29(33-25)23(15-32-36)26(37)11-19-9-10-19;1-15(2)31-14-20(18-9-17(26)11-27-23(18)31)21-10-22(30(3)13-16-7-5-4-6-8-16)32-24(29-21)19(12-28-32)25(33)34;1-12(2)28-11-17(15-7-14(23)9-25-21(15)28)18-8-20(24-3)29-22(27-18)16(10-26-29)19(30)6-13-4-5-13;4-3-1-2-3/h4-8,12-15,17-19H,9-11,16H2,1-3H3;4-12,14-15H,13H2,1-3H3,(H,33,34);7-13,24H,4-6H2,1-3H3;3H,1-2,4H2. The molecule has 0 unspecified atom stereocenters. The average Bonchev–Trinajstić information content (AvgIpc) is 1.80. The summed E-state index contributed by atoms with van der Waals surface area (Å²) in [5.74, 6) is 2.47. The first-order valence-electron chi connectivity index (χ1n) is 35.5. The molecule has 3 aliphatic rings. The van der Waals surface area contributed by atoms with Crippen LogP contribution in [-0.4, -0.2) is 122 Å². The van der Waals surface area contributed by atoms with Gasteiger partial charge in [0.05, 0.1) is 61.9 Å². The van der Waals surface area contributed by atoms with Gasteiger partial charge in [0.15, 0.2) is 28.5 Å². The number of aromatic nitrogens is 15. The van der Waals surface area contributed by atoms with Crippen LogP contribution in [0.15, 0.2) is 153 Å². The fourth-order valence-corrected chi connectivity index (χ4v) is 13.5. The predicted octanol–water partition coefficient (Wildman–Crippen LogP) is 17.0. The summed E-state index contributed by atoms with van der Waals surface area (Å²) >= 11 is 18.9. The third kappa shape index (κ3) is 15.2. The molecular formula is C79H82Cl3N19O4. The molecule has 17 rings (SSSR count). The van der Waals surface area contributed by atoms with Crippen molar-refractivity contribution in [3.8, 4) is 33.8 Å². The highest BCUT2D eigenvalue weighted by Gasteiger charge is 2.31. The second-order valence-corrected chi connectivity index (χ2v) is 29.6. The number of rotatable bonds is 20.